The fourth-order valence-electron chi connectivity index (χ4n) is 1.31. The standard InChI is InChI=1S/C12H15N3O2/c1-8(2)10-4-3-9(7-13)12(15-10)14-6-5-11(16)17/h3-4,8H,5-6H2,1-2H3,(H,14,15)(H,16,17). The van der Waals surface area contributed by atoms with E-state index in [4.69, 9.17) is 10.4 Å². The van der Waals surface area contributed by atoms with Crippen LogP contribution >= 0.6 is 0 Å². The summed E-state index contributed by atoms with van der Waals surface area (Å²) in [5, 5.41) is 20.3. The van der Waals surface area contributed by atoms with Crippen molar-refractivity contribution in [1.29, 1.82) is 5.26 Å². The molecule has 0 saturated carbocycles. The van der Waals surface area contributed by atoms with Crippen molar-refractivity contribution in [3.8, 4) is 6.07 Å². The summed E-state index contributed by atoms with van der Waals surface area (Å²) in [6.07, 6.45) is -0.00153. The first-order chi connectivity index (χ1) is 8.04. The van der Waals surface area contributed by atoms with Gasteiger partial charge in [0, 0.05) is 12.2 Å². The highest BCUT2D eigenvalue weighted by Gasteiger charge is 2.08. The lowest BCUT2D eigenvalue weighted by molar-refractivity contribution is -0.136. The van der Waals surface area contributed by atoms with E-state index in [2.05, 4.69) is 10.3 Å². The summed E-state index contributed by atoms with van der Waals surface area (Å²) in [5.74, 6) is -0.154. The summed E-state index contributed by atoms with van der Waals surface area (Å²) in [5.41, 5.74) is 1.31. The molecule has 0 aromatic carbocycles. The summed E-state index contributed by atoms with van der Waals surface area (Å²) in [7, 11) is 0. The molecule has 2 N–H and O–H groups in total. The van der Waals surface area contributed by atoms with Crippen LogP contribution in [0.5, 0.6) is 0 Å². The van der Waals surface area contributed by atoms with Crippen LogP contribution in [0, 0.1) is 11.3 Å². The second kappa shape index (κ2) is 5.85. The number of hydrogen-bond acceptors (Lipinski definition) is 4. The Bertz CT molecular complexity index is 450. The summed E-state index contributed by atoms with van der Waals surface area (Å²) >= 11 is 0. The Morgan fingerprint density at radius 1 is 1.59 bits per heavy atom. The number of anilines is 1. The van der Waals surface area contributed by atoms with Gasteiger partial charge in [0.15, 0.2) is 0 Å². The van der Waals surface area contributed by atoms with Crippen molar-refractivity contribution >= 4 is 11.8 Å². The summed E-state index contributed by atoms with van der Waals surface area (Å²) < 4.78 is 0. The first-order valence-electron chi connectivity index (χ1n) is 5.41. The number of aromatic nitrogens is 1. The Morgan fingerprint density at radius 2 is 2.29 bits per heavy atom. The Kier molecular flexibility index (Phi) is 4.46. The zero-order chi connectivity index (χ0) is 12.8. The van der Waals surface area contributed by atoms with Gasteiger partial charge < -0.3 is 10.4 Å². The van der Waals surface area contributed by atoms with Crippen LogP contribution in [0.15, 0.2) is 12.1 Å². The second-order valence-electron chi connectivity index (χ2n) is 3.97. The quantitative estimate of drug-likeness (QED) is 0.811. The van der Waals surface area contributed by atoms with Crippen molar-refractivity contribution in [2.75, 3.05) is 11.9 Å². The molecule has 0 unspecified atom stereocenters. The second-order valence-corrected chi connectivity index (χ2v) is 3.97. The first kappa shape index (κ1) is 13.0. The van der Waals surface area contributed by atoms with Crippen molar-refractivity contribution in [3.05, 3.63) is 23.4 Å². The van der Waals surface area contributed by atoms with E-state index < -0.39 is 5.97 Å². The van der Waals surface area contributed by atoms with Crippen molar-refractivity contribution in [1.82, 2.24) is 4.98 Å². The molecule has 1 heterocycles. The molecule has 0 aliphatic carbocycles. The van der Waals surface area contributed by atoms with Gasteiger partial charge in [-0.3, -0.25) is 4.79 Å². The van der Waals surface area contributed by atoms with Gasteiger partial charge in [0.1, 0.15) is 11.9 Å². The number of pyridine rings is 1. The largest absolute Gasteiger partial charge is 0.481 e. The van der Waals surface area contributed by atoms with Crippen molar-refractivity contribution in [2.45, 2.75) is 26.2 Å². The van der Waals surface area contributed by atoms with Gasteiger partial charge in [-0.15, -0.1) is 0 Å². The molecular weight excluding hydrogens is 218 g/mol. The predicted octanol–water partition coefficient (Wildman–Crippen LogP) is 1.96. The number of rotatable bonds is 5. The van der Waals surface area contributed by atoms with Gasteiger partial charge in [0.2, 0.25) is 0 Å². The van der Waals surface area contributed by atoms with Gasteiger partial charge in [0.25, 0.3) is 0 Å². The molecular formula is C12H15N3O2. The Labute approximate surface area is 100 Å². The molecule has 90 valence electrons. The average Bonchev–Trinajstić information content (AvgIpc) is 2.28. The maximum atomic E-state index is 10.4. The minimum atomic E-state index is -0.879. The predicted molar refractivity (Wildman–Crippen MR) is 63.8 cm³/mol. The molecule has 1 aromatic heterocycles. The van der Waals surface area contributed by atoms with E-state index in [0.717, 1.165) is 5.69 Å². The third-order valence-electron chi connectivity index (χ3n) is 2.26. The normalized spacial score (nSPS) is 10.0. The van der Waals surface area contributed by atoms with E-state index in [1.807, 2.05) is 26.0 Å². The summed E-state index contributed by atoms with van der Waals surface area (Å²) in [6, 6.07) is 5.54. The molecule has 5 heteroatoms. The minimum Gasteiger partial charge on any atom is -0.481 e. The third kappa shape index (κ3) is 3.76. The van der Waals surface area contributed by atoms with Gasteiger partial charge >= 0.3 is 5.97 Å². The summed E-state index contributed by atoms with van der Waals surface area (Å²) in [6.45, 7) is 4.28. The molecule has 0 fully saturated rings. The van der Waals surface area contributed by atoms with Gasteiger partial charge in [-0.2, -0.15) is 5.26 Å². The highest BCUT2D eigenvalue weighted by molar-refractivity contribution is 5.67. The van der Waals surface area contributed by atoms with Gasteiger partial charge in [-0.25, -0.2) is 4.98 Å². The fourth-order valence-corrected chi connectivity index (χ4v) is 1.31. The van der Waals surface area contributed by atoms with Crippen LogP contribution in [0.3, 0.4) is 0 Å². The maximum absolute atomic E-state index is 10.4. The van der Waals surface area contributed by atoms with Crippen LogP contribution in [0.25, 0.3) is 0 Å². The van der Waals surface area contributed by atoms with Crippen LogP contribution in [0.2, 0.25) is 0 Å². The molecule has 0 amide bonds. The molecule has 0 atom stereocenters. The van der Waals surface area contributed by atoms with Gasteiger partial charge in [0.05, 0.1) is 12.0 Å². The first-order valence-corrected chi connectivity index (χ1v) is 5.41. The average molecular weight is 233 g/mol. The van der Waals surface area contributed by atoms with Crippen LogP contribution in [0.1, 0.15) is 37.4 Å². The fraction of sp³-hybridized carbons (Fsp3) is 0.417. The molecule has 0 aliphatic heterocycles. The summed E-state index contributed by atoms with van der Waals surface area (Å²) in [4.78, 5) is 14.7. The SMILES string of the molecule is CC(C)c1ccc(C#N)c(NCCC(=O)O)n1. The number of hydrogen-bond donors (Lipinski definition) is 2. The van der Waals surface area contributed by atoms with Crippen LogP contribution in [-0.4, -0.2) is 22.6 Å². The highest BCUT2D eigenvalue weighted by Crippen LogP contribution is 2.18. The van der Waals surface area contributed by atoms with Gasteiger partial charge in [-0.05, 0) is 18.1 Å². The van der Waals surface area contributed by atoms with Crippen LogP contribution < -0.4 is 5.32 Å². The lowest BCUT2D eigenvalue weighted by Gasteiger charge is -2.10. The Balaban J connectivity index is 2.84. The molecule has 1 aromatic rings. The van der Waals surface area contributed by atoms with E-state index in [1.54, 1.807) is 6.07 Å². The molecule has 0 aliphatic rings. The Morgan fingerprint density at radius 3 is 2.82 bits per heavy atom. The lowest BCUT2D eigenvalue weighted by Crippen LogP contribution is -2.10. The van der Waals surface area contributed by atoms with E-state index in [0.29, 0.717) is 11.4 Å². The molecule has 0 radical (unpaired) electrons. The van der Waals surface area contributed by atoms with Gasteiger partial charge in [-0.1, -0.05) is 13.8 Å². The zero-order valence-corrected chi connectivity index (χ0v) is 9.90. The molecule has 0 saturated heterocycles. The lowest BCUT2D eigenvalue weighted by atomic mass is 10.1. The van der Waals surface area contributed by atoms with Crippen molar-refractivity contribution in [3.63, 3.8) is 0 Å². The topological polar surface area (TPSA) is 86.0 Å². The molecule has 1 rings (SSSR count). The third-order valence-corrected chi connectivity index (χ3v) is 2.26. The molecule has 0 spiro atoms. The number of aliphatic carboxylic acids is 1. The number of nitriles is 1. The maximum Gasteiger partial charge on any atom is 0.305 e. The van der Waals surface area contributed by atoms with Crippen molar-refractivity contribution < 1.29 is 9.90 Å². The van der Waals surface area contributed by atoms with E-state index in [-0.39, 0.29) is 18.9 Å². The molecule has 17 heavy (non-hydrogen) atoms. The van der Waals surface area contributed by atoms with E-state index in [1.165, 1.54) is 0 Å². The zero-order valence-electron chi connectivity index (χ0n) is 9.90. The van der Waals surface area contributed by atoms with Crippen LogP contribution in [-0.2, 0) is 4.79 Å². The minimum absolute atomic E-state index is 0.00153. The highest BCUT2D eigenvalue weighted by atomic mass is 16.4. The van der Waals surface area contributed by atoms with Crippen molar-refractivity contribution in [2.24, 2.45) is 0 Å². The molecule has 5 nitrogen and oxygen atoms in total. The smallest absolute Gasteiger partial charge is 0.305 e. The monoisotopic (exact) mass is 233 g/mol. The number of nitrogens with zero attached hydrogens (tertiary/aromatic N) is 2. The van der Waals surface area contributed by atoms with E-state index in [9.17, 15) is 4.79 Å². The number of carbonyl (C=O) groups is 1. The number of carboxylic acid groups (broad SMARTS) is 1. The number of nitrogens with one attached hydrogen (secondary N) is 1. The van der Waals surface area contributed by atoms with Crippen LogP contribution in [0.4, 0.5) is 5.82 Å². The number of carboxylic acids is 1. The Hall–Kier alpha value is -2.09. The van der Waals surface area contributed by atoms with E-state index >= 15 is 0 Å². The molecule has 0 bridgehead atoms.